The highest BCUT2D eigenvalue weighted by Crippen LogP contribution is 2.25. The van der Waals surface area contributed by atoms with Crippen molar-refractivity contribution in [3.8, 4) is 0 Å². The van der Waals surface area contributed by atoms with Gasteiger partial charge in [0.05, 0.1) is 13.0 Å². The first kappa shape index (κ1) is 31.9. The molecule has 9 heteroatoms. The molecule has 0 heterocycles. The maximum atomic E-state index is 13.9. The number of rotatable bonds is 12. The molecule has 9 nitrogen and oxygen atoms in total. The molecule has 0 aliphatic rings. The number of nitrogens with one attached hydrogen (secondary N) is 2. The minimum absolute atomic E-state index is 0.0233. The molecule has 208 valence electrons. The number of ether oxygens (including phenoxy) is 2. The molecule has 1 aromatic carbocycles. The van der Waals surface area contributed by atoms with Crippen LogP contribution in [-0.4, -0.2) is 60.1 Å². The van der Waals surface area contributed by atoms with E-state index in [1.807, 2.05) is 45.9 Å². The molecule has 0 aliphatic carbocycles. The molecule has 0 fully saturated rings. The topological polar surface area (TPSA) is 114 Å². The van der Waals surface area contributed by atoms with Crippen LogP contribution in [0.2, 0.25) is 0 Å². The molecule has 0 radical (unpaired) electrons. The highest BCUT2D eigenvalue weighted by atomic mass is 16.6. The molecule has 0 aliphatic heterocycles. The number of aryl methyl sites for hydroxylation is 2. The Balaban J connectivity index is 3.33. The summed E-state index contributed by atoms with van der Waals surface area (Å²) in [4.78, 5) is 53.1. The molecular weight excluding hydrogens is 474 g/mol. The number of amides is 3. The van der Waals surface area contributed by atoms with Crippen molar-refractivity contribution in [3.05, 3.63) is 34.9 Å². The van der Waals surface area contributed by atoms with Gasteiger partial charge in [0.25, 0.3) is 0 Å². The number of esters is 1. The van der Waals surface area contributed by atoms with Crippen LogP contribution in [0.4, 0.5) is 4.79 Å². The maximum absolute atomic E-state index is 13.9. The Bertz CT molecular complexity index is 938. The molecule has 0 saturated carbocycles. The fourth-order valence-corrected chi connectivity index (χ4v) is 3.83. The molecule has 0 aromatic heterocycles. The van der Waals surface area contributed by atoms with E-state index >= 15 is 0 Å². The second-order valence-electron chi connectivity index (χ2n) is 10.5. The van der Waals surface area contributed by atoms with Crippen LogP contribution in [0.15, 0.2) is 18.2 Å². The van der Waals surface area contributed by atoms with E-state index in [2.05, 4.69) is 10.6 Å². The molecular formula is C28H45N3O6. The Labute approximate surface area is 221 Å². The molecule has 2 unspecified atom stereocenters. The summed E-state index contributed by atoms with van der Waals surface area (Å²) in [7, 11) is 0. The fourth-order valence-electron chi connectivity index (χ4n) is 3.83. The van der Waals surface area contributed by atoms with Crippen LogP contribution in [0.3, 0.4) is 0 Å². The zero-order valence-electron chi connectivity index (χ0n) is 23.9. The van der Waals surface area contributed by atoms with Crippen molar-refractivity contribution >= 4 is 23.9 Å². The maximum Gasteiger partial charge on any atom is 0.408 e. The molecule has 2 atom stereocenters. The summed E-state index contributed by atoms with van der Waals surface area (Å²) in [5, 5.41) is 5.49. The average molecular weight is 520 g/mol. The first-order valence-electron chi connectivity index (χ1n) is 13.0. The number of carbonyl (C=O) groups excluding carboxylic acids is 4. The van der Waals surface area contributed by atoms with Crippen molar-refractivity contribution in [2.75, 3.05) is 19.7 Å². The van der Waals surface area contributed by atoms with Crippen LogP contribution in [0, 0.1) is 19.8 Å². The van der Waals surface area contributed by atoms with Gasteiger partial charge in [0.2, 0.25) is 11.8 Å². The van der Waals surface area contributed by atoms with Crippen molar-refractivity contribution in [2.45, 2.75) is 92.8 Å². The number of hydrogen-bond donors (Lipinski definition) is 2. The van der Waals surface area contributed by atoms with E-state index in [0.717, 1.165) is 11.1 Å². The summed E-state index contributed by atoms with van der Waals surface area (Å²) in [5.41, 5.74) is 1.97. The fraction of sp³-hybridized carbons (Fsp3) is 0.643. The summed E-state index contributed by atoms with van der Waals surface area (Å²) in [5.74, 6) is -1.11. The van der Waals surface area contributed by atoms with E-state index < -0.39 is 35.7 Å². The van der Waals surface area contributed by atoms with Gasteiger partial charge in [-0.05, 0) is 77.5 Å². The zero-order chi connectivity index (χ0) is 28.3. The van der Waals surface area contributed by atoms with Crippen molar-refractivity contribution < 1.29 is 28.7 Å². The van der Waals surface area contributed by atoms with Gasteiger partial charge in [0, 0.05) is 13.1 Å². The number of nitrogens with zero attached hydrogens (tertiary/aromatic N) is 1. The van der Waals surface area contributed by atoms with Gasteiger partial charge in [-0.25, -0.2) is 4.79 Å². The van der Waals surface area contributed by atoms with Crippen molar-refractivity contribution in [2.24, 2.45) is 5.92 Å². The van der Waals surface area contributed by atoms with Crippen LogP contribution in [0.5, 0.6) is 0 Å². The molecule has 3 amide bonds. The minimum Gasteiger partial charge on any atom is -0.466 e. The number of hydrogen-bond acceptors (Lipinski definition) is 6. The van der Waals surface area contributed by atoms with E-state index in [0.29, 0.717) is 12.0 Å². The van der Waals surface area contributed by atoms with Crippen LogP contribution >= 0.6 is 0 Å². The quantitative estimate of drug-likeness (QED) is 0.400. The average Bonchev–Trinajstić information content (AvgIpc) is 2.77. The van der Waals surface area contributed by atoms with E-state index in [1.165, 1.54) is 4.90 Å². The number of alkyl carbamates (subject to hydrolysis) is 1. The van der Waals surface area contributed by atoms with Gasteiger partial charge in [-0.2, -0.15) is 0 Å². The van der Waals surface area contributed by atoms with Crippen LogP contribution < -0.4 is 10.6 Å². The molecule has 0 bridgehead atoms. The van der Waals surface area contributed by atoms with Crippen molar-refractivity contribution in [1.82, 2.24) is 15.5 Å². The Hall–Kier alpha value is -3.10. The Kier molecular flexibility index (Phi) is 12.6. The zero-order valence-corrected chi connectivity index (χ0v) is 23.9. The SMILES string of the molecule is CCOC(=O)CCNC(=O)C(c1ccc(C)c(C)c1)N(CC)C(=O)C(CC(C)C)NC(=O)OC(C)(C)C. The van der Waals surface area contributed by atoms with Gasteiger partial charge in [-0.15, -0.1) is 0 Å². The van der Waals surface area contributed by atoms with Crippen molar-refractivity contribution in [1.29, 1.82) is 0 Å². The summed E-state index contributed by atoms with van der Waals surface area (Å²) in [6.07, 6.45) is -0.294. The summed E-state index contributed by atoms with van der Waals surface area (Å²) < 4.78 is 10.3. The predicted octanol–water partition coefficient (Wildman–Crippen LogP) is 4.20. The lowest BCUT2D eigenvalue weighted by atomic mass is 9.97. The Morgan fingerprint density at radius 1 is 1.03 bits per heavy atom. The van der Waals surface area contributed by atoms with Crippen LogP contribution in [0.25, 0.3) is 0 Å². The Morgan fingerprint density at radius 3 is 2.19 bits per heavy atom. The van der Waals surface area contributed by atoms with Crippen LogP contribution in [0.1, 0.15) is 84.0 Å². The lowest BCUT2D eigenvalue weighted by molar-refractivity contribution is -0.144. The molecule has 37 heavy (non-hydrogen) atoms. The molecule has 1 rings (SSSR count). The minimum atomic E-state index is -0.950. The van der Waals surface area contributed by atoms with Gasteiger partial charge in [0.15, 0.2) is 0 Å². The largest absolute Gasteiger partial charge is 0.466 e. The smallest absolute Gasteiger partial charge is 0.408 e. The van der Waals surface area contributed by atoms with E-state index in [1.54, 1.807) is 34.6 Å². The van der Waals surface area contributed by atoms with Gasteiger partial charge in [-0.3, -0.25) is 14.4 Å². The standard InChI is InChI=1S/C28H45N3O6/c1-10-31(26(34)22(16-18(3)4)30-27(35)37-28(7,8)9)24(21-13-12-19(5)20(6)17-21)25(33)29-15-14-23(32)36-11-2/h12-13,17-18,22,24H,10-11,14-16H2,1-9H3,(H,29,33)(H,30,35). The van der Waals surface area contributed by atoms with E-state index in [9.17, 15) is 19.2 Å². The third-order valence-electron chi connectivity index (χ3n) is 5.66. The van der Waals surface area contributed by atoms with Gasteiger partial charge >= 0.3 is 12.1 Å². The second-order valence-corrected chi connectivity index (χ2v) is 10.5. The lowest BCUT2D eigenvalue weighted by Gasteiger charge is -2.34. The van der Waals surface area contributed by atoms with Gasteiger partial charge < -0.3 is 25.0 Å². The first-order valence-corrected chi connectivity index (χ1v) is 13.0. The number of carbonyl (C=O) groups is 4. The second kappa shape index (κ2) is 14.6. The summed E-state index contributed by atoms with van der Waals surface area (Å²) in [6, 6.07) is 3.80. The molecule has 1 aromatic rings. The van der Waals surface area contributed by atoms with Gasteiger partial charge in [0.1, 0.15) is 17.7 Å². The lowest BCUT2D eigenvalue weighted by Crippen LogP contribution is -2.53. The molecule has 0 spiro atoms. The normalized spacial score (nSPS) is 12.9. The van der Waals surface area contributed by atoms with E-state index in [4.69, 9.17) is 9.47 Å². The van der Waals surface area contributed by atoms with Crippen LogP contribution in [-0.2, 0) is 23.9 Å². The highest BCUT2D eigenvalue weighted by molar-refractivity contribution is 5.92. The molecule has 0 saturated heterocycles. The van der Waals surface area contributed by atoms with Crippen molar-refractivity contribution in [3.63, 3.8) is 0 Å². The van der Waals surface area contributed by atoms with Gasteiger partial charge in [-0.1, -0.05) is 32.0 Å². The Morgan fingerprint density at radius 2 is 1.68 bits per heavy atom. The number of benzene rings is 1. The third-order valence-corrected chi connectivity index (χ3v) is 5.66. The molecule has 2 N–H and O–H groups in total. The predicted molar refractivity (Wildman–Crippen MR) is 143 cm³/mol. The van der Waals surface area contributed by atoms with E-state index in [-0.39, 0.29) is 37.9 Å². The summed E-state index contributed by atoms with van der Waals surface area (Å²) in [6.45, 7) is 17.2. The summed E-state index contributed by atoms with van der Waals surface area (Å²) >= 11 is 0. The highest BCUT2D eigenvalue weighted by Gasteiger charge is 2.35. The first-order chi connectivity index (χ1) is 17.2. The monoisotopic (exact) mass is 519 g/mol. The number of likely N-dealkylation sites (N-methyl/N-ethyl adjacent to an activating group) is 1. The third kappa shape index (κ3) is 10.8.